The number of aromatic nitrogens is 6. The number of carbonyl (C=O) groups is 1. The van der Waals surface area contributed by atoms with E-state index >= 15 is 0 Å². The van der Waals surface area contributed by atoms with Gasteiger partial charge in [0.15, 0.2) is 6.61 Å². The second kappa shape index (κ2) is 7.78. The Labute approximate surface area is 166 Å². The van der Waals surface area contributed by atoms with Gasteiger partial charge in [0, 0.05) is 11.8 Å². The van der Waals surface area contributed by atoms with E-state index in [1.165, 1.54) is 22.6 Å². The fourth-order valence-electron chi connectivity index (χ4n) is 2.99. The van der Waals surface area contributed by atoms with Crippen molar-refractivity contribution in [1.82, 2.24) is 29.7 Å². The summed E-state index contributed by atoms with van der Waals surface area (Å²) >= 11 is 0. The predicted octanol–water partition coefficient (Wildman–Crippen LogP) is 3.22. The molecule has 9 nitrogen and oxygen atoms in total. The van der Waals surface area contributed by atoms with Crippen LogP contribution in [0.25, 0.3) is 17.2 Å². The number of nitrogens with zero attached hydrogens (tertiary/aromatic N) is 6. The van der Waals surface area contributed by atoms with Gasteiger partial charge in [-0.1, -0.05) is 50.2 Å². The molecule has 0 N–H and O–H groups in total. The minimum Gasteiger partial charge on any atom is -0.452 e. The van der Waals surface area contributed by atoms with E-state index in [-0.39, 0.29) is 12.5 Å². The smallest absolute Gasteiger partial charge is 0.342 e. The highest BCUT2D eigenvalue weighted by atomic mass is 16.6. The standard InChI is InChI=1S/C20H20N6O3/c1-4-16-15(9-21-20-22-11-23-26(16)20)19(27)28-10-17-24-18(25-29-17)14-7-5-13(6-8-14)12(2)3/h5-9,11-12H,4,10H2,1-3H3. The van der Waals surface area contributed by atoms with Gasteiger partial charge in [-0.2, -0.15) is 15.1 Å². The molecule has 0 saturated carbocycles. The summed E-state index contributed by atoms with van der Waals surface area (Å²) in [7, 11) is 0. The zero-order valence-corrected chi connectivity index (χ0v) is 16.4. The Morgan fingerprint density at radius 3 is 2.72 bits per heavy atom. The van der Waals surface area contributed by atoms with Crippen molar-refractivity contribution in [3.63, 3.8) is 0 Å². The lowest BCUT2D eigenvalue weighted by Gasteiger charge is -2.07. The molecule has 0 amide bonds. The molecule has 0 saturated heterocycles. The van der Waals surface area contributed by atoms with Gasteiger partial charge in [-0.3, -0.25) is 0 Å². The number of fused-ring (bicyclic) bond motifs is 1. The molecule has 0 spiro atoms. The van der Waals surface area contributed by atoms with Crippen molar-refractivity contribution < 1.29 is 14.1 Å². The minimum absolute atomic E-state index is 0.130. The first-order chi connectivity index (χ1) is 14.1. The average molecular weight is 392 g/mol. The zero-order valence-electron chi connectivity index (χ0n) is 16.4. The molecule has 0 fully saturated rings. The van der Waals surface area contributed by atoms with Crippen LogP contribution in [0.1, 0.15) is 54.2 Å². The highest BCUT2D eigenvalue weighted by Crippen LogP contribution is 2.21. The number of hydrogen-bond acceptors (Lipinski definition) is 8. The first kappa shape index (κ1) is 18.7. The Hall–Kier alpha value is -3.62. The third kappa shape index (κ3) is 3.71. The highest BCUT2D eigenvalue weighted by Gasteiger charge is 2.18. The molecule has 29 heavy (non-hydrogen) atoms. The summed E-state index contributed by atoms with van der Waals surface area (Å²) in [4.78, 5) is 25.0. The topological polar surface area (TPSA) is 108 Å². The van der Waals surface area contributed by atoms with E-state index in [2.05, 4.69) is 39.1 Å². The fourth-order valence-corrected chi connectivity index (χ4v) is 2.99. The zero-order chi connectivity index (χ0) is 20.4. The molecule has 3 heterocycles. The monoisotopic (exact) mass is 392 g/mol. The Bertz CT molecular complexity index is 1150. The lowest BCUT2D eigenvalue weighted by molar-refractivity contribution is 0.0427. The summed E-state index contributed by atoms with van der Waals surface area (Å²) in [6.07, 6.45) is 3.41. The number of rotatable bonds is 6. The van der Waals surface area contributed by atoms with Gasteiger partial charge in [-0.05, 0) is 17.9 Å². The molecule has 4 aromatic rings. The second-order valence-corrected chi connectivity index (χ2v) is 6.81. The van der Waals surface area contributed by atoms with Crippen molar-refractivity contribution in [3.05, 3.63) is 59.5 Å². The summed E-state index contributed by atoms with van der Waals surface area (Å²) in [5, 5.41) is 8.07. The van der Waals surface area contributed by atoms with Crippen LogP contribution in [0.3, 0.4) is 0 Å². The lowest BCUT2D eigenvalue weighted by Crippen LogP contribution is -2.13. The largest absolute Gasteiger partial charge is 0.452 e. The molecule has 1 aromatic carbocycles. The predicted molar refractivity (Wildman–Crippen MR) is 103 cm³/mol. The molecule has 3 aromatic heterocycles. The van der Waals surface area contributed by atoms with Gasteiger partial charge in [-0.15, -0.1) is 0 Å². The van der Waals surface area contributed by atoms with Crippen molar-refractivity contribution >= 4 is 11.7 Å². The van der Waals surface area contributed by atoms with E-state index in [9.17, 15) is 4.79 Å². The van der Waals surface area contributed by atoms with Crippen LogP contribution in [-0.2, 0) is 17.8 Å². The molecular weight excluding hydrogens is 372 g/mol. The van der Waals surface area contributed by atoms with Crippen molar-refractivity contribution in [1.29, 1.82) is 0 Å². The Morgan fingerprint density at radius 2 is 2.00 bits per heavy atom. The van der Waals surface area contributed by atoms with Gasteiger partial charge in [0.25, 0.3) is 11.7 Å². The van der Waals surface area contributed by atoms with Crippen LogP contribution in [0.5, 0.6) is 0 Å². The molecule has 0 unspecified atom stereocenters. The third-order valence-electron chi connectivity index (χ3n) is 4.59. The van der Waals surface area contributed by atoms with Crippen LogP contribution >= 0.6 is 0 Å². The fraction of sp³-hybridized carbons (Fsp3) is 0.300. The number of esters is 1. The molecule has 148 valence electrons. The molecule has 0 radical (unpaired) electrons. The molecule has 0 atom stereocenters. The van der Waals surface area contributed by atoms with Gasteiger partial charge < -0.3 is 9.26 Å². The SMILES string of the molecule is CCc1c(C(=O)OCc2nc(-c3ccc(C(C)C)cc3)no2)cnc2ncnn12. The van der Waals surface area contributed by atoms with Gasteiger partial charge in [0.2, 0.25) is 5.82 Å². The quantitative estimate of drug-likeness (QED) is 0.460. The van der Waals surface area contributed by atoms with Crippen LogP contribution in [0.2, 0.25) is 0 Å². The van der Waals surface area contributed by atoms with E-state index < -0.39 is 5.97 Å². The van der Waals surface area contributed by atoms with Gasteiger partial charge >= 0.3 is 5.97 Å². The lowest BCUT2D eigenvalue weighted by atomic mass is 10.0. The molecule has 0 aliphatic heterocycles. The number of carbonyl (C=O) groups excluding carboxylic acids is 1. The molecule has 0 aliphatic carbocycles. The van der Waals surface area contributed by atoms with Crippen LogP contribution in [0.15, 0.2) is 41.3 Å². The van der Waals surface area contributed by atoms with Crippen LogP contribution in [0, 0.1) is 0 Å². The molecular formula is C20H20N6O3. The summed E-state index contributed by atoms with van der Waals surface area (Å²) in [6, 6.07) is 7.97. The van der Waals surface area contributed by atoms with Gasteiger partial charge in [0.1, 0.15) is 6.33 Å². The first-order valence-corrected chi connectivity index (χ1v) is 9.34. The average Bonchev–Trinajstić information content (AvgIpc) is 3.40. The van der Waals surface area contributed by atoms with E-state index in [1.54, 1.807) is 0 Å². The number of ether oxygens (including phenoxy) is 1. The summed E-state index contributed by atoms with van der Waals surface area (Å²) in [5.41, 5.74) is 3.07. The number of benzene rings is 1. The minimum atomic E-state index is -0.534. The molecule has 4 rings (SSSR count). The highest BCUT2D eigenvalue weighted by molar-refractivity contribution is 5.90. The number of hydrogen-bond donors (Lipinski definition) is 0. The summed E-state index contributed by atoms with van der Waals surface area (Å²) in [5.74, 6) is 1.01. The van der Waals surface area contributed by atoms with Crippen molar-refractivity contribution in [2.45, 2.75) is 39.7 Å². The summed E-state index contributed by atoms with van der Waals surface area (Å²) in [6.45, 7) is 6.06. The van der Waals surface area contributed by atoms with Crippen molar-refractivity contribution in [2.24, 2.45) is 0 Å². The third-order valence-corrected chi connectivity index (χ3v) is 4.59. The maximum Gasteiger partial charge on any atom is 0.342 e. The normalized spacial score (nSPS) is 11.3. The van der Waals surface area contributed by atoms with Crippen LogP contribution in [-0.4, -0.2) is 35.7 Å². The maximum absolute atomic E-state index is 12.5. The van der Waals surface area contributed by atoms with Crippen LogP contribution in [0.4, 0.5) is 0 Å². The molecule has 0 aliphatic rings. The van der Waals surface area contributed by atoms with Crippen molar-refractivity contribution in [3.8, 4) is 11.4 Å². The van der Waals surface area contributed by atoms with Gasteiger partial charge in [-0.25, -0.2) is 14.3 Å². The first-order valence-electron chi connectivity index (χ1n) is 9.34. The Morgan fingerprint density at radius 1 is 1.21 bits per heavy atom. The Balaban J connectivity index is 1.46. The molecule has 9 heteroatoms. The molecule has 0 bridgehead atoms. The Kier molecular flexibility index (Phi) is 5.03. The van der Waals surface area contributed by atoms with E-state index in [4.69, 9.17) is 9.26 Å². The van der Waals surface area contributed by atoms with Crippen LogP contribution < -0.4 is 0 Å². The van der Waals surface area contributed by atoms with E-state index in [1.807, 2.05) is 31.2 Å². The van der Waals surface area contributed by atoms with Gasteiger partial charge in [0.05, 0.1) is 11.3 Å². The number of aryl methyl sites for hydroxylation is 1. The van der Waals surface area contributed by atoms with E-state index in [0.29, 0.717) is 35.2 Å². The van der Waals surface area contributed by atoms with E-state index in [0.717, 1.165) is 5.56 Å². The maximum atomic E-state index is 12.5. The van der Waals surface area contributed by atoms with Crippen molar-refractivity contribution in [2.75, 3.05) is 0 Å². The summed E-state index contributed by atoms with van der Waals surface area (Å²) < 4.78 is 12.1. The second-order valence-electron chi connectivity index (χ2n) is 6.81.